The summed E-state index contributed by atoms with van der Waals surface area (Å²) in [6.07, 6.45) is 3.36. The minimum atomic E-state index is -0.103. The second-order valence-electron chi connectivity index (χ2n) is 3.25. The zero-order valence-corrected chi connectivity index (χ0v) is 7.92. The second kappa shape index (κ2) is 4.70. The van der Waals surface area contributed by atoms with E-state index in [0.717, 1.165) is 12.8 Å². The Bertz CT molecular complexity index is 217. The standard InChI is InChI=1S/C9H15N3O/c1-2-12(7-6-10)9(13)11-8-4-3-5-8/h8H,2-5,7H2,1H3,(H,11,13). The summed E-state index contributed by atoms with van der Waals surface area (Å²) in [6, 6.07) is 2.22. The molecule has 0 aromatic heterocycles. The van der Waals surface area contributed by atoms with Crippen LogP contribution in [0.4, 0.5) is 4.79 Å². The summed E-state index contributed by atoms with van der Waals surface area (Å²) in [7, 11) is 0. The number of rotatable bonds is 3. The Labute approximate surface area is 78.5 Å². The summed E-state index contributed by atoms with van der Waals surface area (Å²) >= 11 is 0. The first kappa shape index (κ1) is 9.85. The summed E-state index contributed by atoms with van der Waals surface area (Å²) in [6.45, 7) is 2.64. The summed E-state index contributed by atoms with van der Waals surface area (Å²) in [5.74, 6) is 0. The van der Waals surface area contributed by atoms with Gasteiger partial charge in [-0.25, -0.2) is 4.79 Å². The molecule has 72 valence electrons. The largest absolute Gasteiger partial charge is 0.335 e. The van der Waals surface area contributed by atoms with Crippen LogP contribution in [0.15, 0.2) is 0 Å². The van der Waals surface area contributed by atoms with E-state index in [1.54, 1.807) is 0 Å². The Hall–Kier alpha value is -1.24. The predicted octanol–water partition coefficient (Wildman–Crippen LogP) is 1.09. The highest BCUT2D eigenvalue weighted by Crippen LogP contribution is 2.18. The van der Waals surface area contributed by atoms with Crippen molar-refractivity contribution in [1.82, 2.24) is 10.2 Å². The molecule has 4 heteroatoms. The van der Waals surface area contributed by atoms with Gasteiger partial charge >= 0.3 is 6.03 Å². The number of nitrogens with one attached hydrogen (secondary N) is 1. The quantitative estimate of drug-likeness (QED) is 0.663. The molecule has 1 aliphatic rings. The number of amides is 2. The maximum absolute atomic E-state index is 11.4. The summed E-state index contributed by atoms with van der Waals surface area (Å²) < 4.78 is 0. The third-order valence-corrected chi connectivity index (χ3v) is 2.36. The van der Waals surface area contributed by atoms with Crippen LogP contribution in [-0.2, 0) is 0 Å². The Morgan fingerprint density at radius 1 is 1.69 bits per heavy atom. The van der Waals surface area contributed by atoms with Crippen LogP contribution < -0.4 is 5.32 Å². The molecule has 0 aliphatic heterocycles. The molecular formula is C9H15N3O. The second-order valence-corrected chi connectivity index (χ2v) is 3.25. The Morgan fingerprint density at radius 3 is 2.77 bits per heavy atom. The summed E-state index contributed by atoms with van der Waals surface area (Å²) in [5, 5.41) is 11.3. The van der Waals surface area contributed by atoms with Crippen molar-refractivity contribution in [3.05, 3.63) is 0 Å². The van der Waals surface area contributed by atoms with Crippen molar-refractivity contribution in [2.75, 3.05) is 13.1 Å². The van der Waals surface area contributed by atoms with Crippen molar-refractivity contribution < 1.29 is 4.79 Å². The van der Waals surface area contributed by atoms with Crippen molar-refractivity contribution in [2.24, 2.45) is 0 Å². The molecule has 0 unspecified atom stereocenters. The zero-order valence-electron chi connectivity index (χ0n) is 7.92. The SMILES string of the molecule is CCN(CC#N)C(=O)NC1CCC1. The van der Waals surface area contributed by atoms with E-state index < -0.39 is 0 Å². The first-order chi connectivity index (χ1) is 6.27. The molecule has 1 N–H and O–H groups in total. The van der Waals surface area contributed by atoms with Crippen LogP contribution in [0.3, 0.4) is 0 Å². The maximum atomic E-state index is 11.4. The molecule has 1 fully saturated rings. The number of nitrogens with zero attached hydrogens (tertiary/aromatic N) is 2. The van der Waals surface area contributed by atoms with Crippen LogP contribution >= 0.6 is 0 Å². The fourth-order valence-electron chi connectivity index (χ4n) is 1.23. The van der Waals surface area contributed by atoms with E-state index >= 15 is 0 Å². The van der Waals surface area contributed by atoms with Crippen molar-refractivity contribution in [1.29, 1.82) is 5.26 Å². The normalized spacial score (nSPS) is 15.7. The molecular weight excluding hydrogens is 166 g/mol. The van der Waals surface area contributed by atoms with E-state index in [1.165, 1.54) is 11.3 Å². The highest BCUT2D eigenvalue weighted by atomic mass is 16.2. The third kappa shape index (κ3) is 2.62. The average Bonchev–Trinajstić information content (AvgIpc) is 2.07. The Morgan fingerprint density at radius 2 is 2.38 bits per heavy atom. The molecule has 0 aromatic carbocycles. The third-order valence-electron chi connectivity index (χ3n) is 2.36. The minimum absolute atomic E-state index is 0.103. The number of nitriles is 1. The van der Waals surface area contributed by atoms with Gasteiger partial charge in [-0.1, -0.05) is 0 Å². The van der Waals surface area contributed by atoms with Gasteiger partial charge in [0.2, 0.25) is 0 Å². The molecule has 2 amide bonds. The minimum Gasteiger partial charge on any atom is -0.335 e. The van der Waals surface area contributed by atoms with Crippen LogP contribution in [0.5, 0.6) is 0 Å². The maximum Gasteiger partial charge on any atom is 0.318 e. The van der Waals surface area contributed by atoms with E-state index in [2.05, 4.69) is 5.32 Å². The highest BCUT2D eigenvalue weighted by molar-refractivity contribution is 5.74. The van der Waals surface area contributed by atoms with E-state index in [1.807, 2.05) is 13.0 Å². The van der Waals surface area contributed by atoms with Gasteiger partial charge in [-0.15, -0.1) is 0 Å². The van der Waals surface area contributed by atoms with E-state index in [-0.39, 0.29) is 12.6 Å². The van der Waals surface area contributed by atoms with Crippen LogP contribution in [0, 0.1) is 11.3 Å². The molecule has 1 aliphatic carbocycles. The first-order valence-electron chi connectivity index (χ1n) is 4.70. The molecule has 0 radical (unpaired) electrons. The summed E-state index contributed by atoms with van der Waals surface area (Å²) in [4.78, 5) is 12.9. The zero-order chi connectivity index (χ0) is 9.68. The smallest absolute Gasteiger partial charge is 0.318 e. The molecule has 0 spiro atoms. The molecule has 4 nitrogen and oxygen atoms in total. The van der Waals surface area contributed by atoms with Gasteiger partial charge in [-0.2, -0.15) is 5.26 Å². The van der Waals surface area contributed by atoms with E-state index in [4.69, 9.17) is 5.26 Å². The fraction of sp³-hybridized carbons (Fsp3) is 0.778. The van der Waals surface area contributed by atoms with Gasteiger partial charge in [0.1, 0.15) is 6.54 Å². The monoisotopic (exact) mass is 181 g/mol. The van der Waals surface area contributed by atoms with Gasteiger partial charge < -0.3 is 10.2 Å². The van der Waals surface area contributed by atoms with Gasteiger partial charge in [-0.3, -0.25) is 0 Å². The predicted molar refractivity (Wildman–Crippen MR) is 49.0 cm³/mol. The average molecular weight is 181 g/mol. The van der Waals surface area contributed by atoms with Gasteiger partial charge in [0, 0.05) is 12.6 Å². The lowest BCUT2D eigenvalue weighted by Gasteiger charge is -2.29. The van der Waals surface area contributed by atoms with Crippen LogP contribution in [0.2, 0.25) is 0 Å². The van der Waals surface area contributed by atoms with E-state index in [0.29, 0.717) is 12.6 Å². The molecule has 1 rings (SSSR count). The van der Waals surface area contributed by atoms with Crippen molar-refractivity contribution in [3.63, 3.8) is 0 Å². The molecule has 0 bridgehead atoms. The van der Waals surface area contributed by atoms with Crippen molar-refractivity contribution in [2.45, 2.75) is 32.2 Å². The Kier molecular flexibility index (Phi) is 3.56. The lowest BCUT2D eigenvalue weighted by Crippen LogP contribution is -2.47. The fourth-order valence-corrected chi connectivity index (χ4v) is 1.23. The lowest BCUT2D eigenvalue weighted by molar-refractivity contribution is 0.194. The highest BCUT2D eigenvalue weighted by Gasteiger charge is 2.21. The summed E-state index contributed by atoms with van der Waals surface area (Å²) in [5.41, 5.74) is 0. The van der Waals surface area contributed by atoms with E-state index in [9.17, 15) is 4.79 Å². The molecule has 1 saturated carbocycles. The van der Waals surface area contributed by atoms with Crippen molar-refractivity contribution in [3.8, 4) is 6.07 Å². The molecule has 0 aromatic rings. The number of carbonyl (C=O) groups is 1. The Balaban J connectivity index is 2.30. The molecule has 0 saturated heterocycles. The van der Waals surface area contributed by atoms with Crippen molar-refractivity contribution >= 4 is 6.03 Å². The van der Waals surface area contributed by atoms with Crippen LogP contribution in [0.25, 0.3) is 0 Å². The number of urea groups is 1. The molecule has 0 atom stereocenters. The topological polar surface area (TPSA) is 56.1 Å². The molecule has 13 heavy (non-hydrogen) atoms. The number of hydrogen-bond acceptors (Lipinski definition) is 2. The van der Waals surface area contributed by atoms with Crippen LogP contribution in [0.1, 0.15) is 26.2 Å². The number of hydrogen-bond donors (Lipinski definition) is 1. The number of carbonyl (C=O) groups excluding carboxylic acids is 1. The van der Waals surface area contributed by atoms with Gasteiger partial charge in [0.25, 0.3) is 0 Å². The first-order valence-corrected chi connectivity index (χ1v) is 4.70. The van der Waals surface area contributed by atoms with Gasteiger partial charge in [0.15, 0.2) is 0 Å². The van der Waals surface area contributed by atoms with Crippen LogP contribution in [-0.4, -0.2) is 30.1 Å². The van der Waals surface area contributed by atoms with Gasteiger partial charge in [0.05, 0.1) is 6.07 Å². The van der Waals surface area contributed by atoms with Gasteiger partial charge in [-0.05, 0) is 26.2 Å². The molecule has 0 heterocycles. The lowest BCUT2D eigenvalue weighted by atomic mass is 9.93.